The zero-order valence-corrected chi connectivity index (χ0v) is 13.0. The number of unbranched alkanes of at least 4 members (excludes halogenated alkanes) is 4. The van der Waals surface area contributed by atoms with Crippen LogP contribution in [0.4, 0.5) is 0 Å². The molecule has 108 valence electrons. The fraction of sp³-hybridized carbons (Fsp3) is 1.00. The quantitative estimate of drug-likeness (QED) is 0.550. The molecule has 0 aromatic heterocycles. The van der Waals surface area contributed by atoms with E-state index in [1.54, 1.807) is 0 Å². The van der Waals surface area contributed by atoms with Crippen molar-refractivity contribution in [3.63, 3.8) is 0 Å². The molecule has 0 radical (unpaired) electrons. The monoisotopic (exact) mass is 253 g/mol. The Labute approximate surface area is 115 Å². The summed E-state index contributed by atoms with van der Waals surface area (Å²) >= 11 is 0. The van der Waals surface area contributed by atoms with E-state index in [0.29, 0.717) is 6.04 Å². The van der Waals surface area contributed by atoms with Crippen molar-refractivity contribution in [3.8, 4) is 0 Å². The highest BCUT2D eigenvalue weighted by Crippen LogP contribution is 2.26. The molecule has 0 aliphatic heterocycles. The first-order chi connectivity index (χ1) is 8.74. The van der Waals surface area contributed by atoms with Crippen LogP contribution >= 0.6 is 0 Å². The molecule has 1 N–H and O–H groups in total. The van der Waals surface area contributed by atoms with Gasteiger partial charge in [0, 0.05) is 12.1 Å². The standard InChI is InChI=1S/C17H35N/c1-4-5-6-7-9-12-15(2)18-16(3)17-13-10-8-11-14-17/h15-18H,4-14H2,1-3H3/t15?,16-/m1/s1. The van der Waals surface area contributed by atoms with Crippen LogP contribution in [0.1, 0.15) is 91.4 Å². The fourth-order valence-corrected chi connectivity index (χ4v) is 3.36. The summed E-state index contributed by atoms with van der Waals surface area (Å²) in [5.74, 6) is 0.946. The van der Waals surface area contributed by atoms with Crippen molar-refractivity contribution in [1.29, 1.82) is 0 Å². The predicted octanol–water partition coefficient (Wildman–Crippen LogP) is 5.29. The third kappa shape index (κ3) is 6.78. The van der Waals surface area contributed by atoms with Gasteiger partial charge in [0.25, 0.3) is 0 Å². The fourth-order valence-electron chi connectivity index (χ4n) is 3.36. The van der Waals surface area contributed by atoms with E-state index in [9.17, 15) is 0 Å². The third-order valence-electron chi connectivity index (χ3n) is 4.65. The minimum atomic E-state index is 0.712. The van der Waals surface area contributed by atoms with E-state index < -0.39 is 0 Å². The lowest BCUT2D eigenvalue weighted by Crippen LogP contribution is -2.40. The summed E-state index contributed by atoms with van der Waals surface area (Å²) in [4.78, 5) is 0. The molecule has 0 saturated heterocycles. The van der Waals surface area contributed by atoms with Gasteiger partial charge in [-0.1, -0.05) is 58.3 Å². The smallest absolute Gasteiger partial charge is 0.00694 e. The molecule has 0 aromatic rings. The van der Waals surface area contributed by atoms with E-state index in [0.717, 1.165) is 12.0 Å². The van der Waals surface area contributed by atoms with Crippen molar-refractivity contribution in [2.75, 3.05) is 0 Å². The highest BCUT2D eigenvalue weighted by Gasteiger charge is 2.20. The first kappa shape index (κ1) is 16.0. The Morgan fingerprint density at radius 2 is 1.61 bits per heavy atom. The van der Waals surface area contributed by atoms with Crippen molar-refractivity contribution >= 4 is 0 Å². The third-order valence-corrected chi connectivity index (χ3v) is 4.65. The number of nitrogens with one attached hydrogen (secondary N) is 1. The van der Waals surface area contributed by atoms with Gasteiger partial charge in [-0.2, -0.15) is 0 Å². The largest absolute Gasteiger partial charge is 0.312 e. The molecular weight excluding hydrogens is 218 g/mol. The van der Waals surface area contributed by atoms with Gasteiger partial charge in [0.2, 0.25) is 0 Å². The maximum Gasteiger partial charge on any atom is 0.00694 e. The van der Waals surface area contributed by atoms with Crippen LogP contribution in [0.15, 0.2) is 0 Å². The van der Waals surface area contributed by atoms with Crippen molar-refractivity contribution in [1.82, 2.24) is 5.32 Å². The lowest BCUT2D eigenvalue weighted by atomic mass is 9.84. The van der Waals surface area contributed by atoms with Gasteiger partial charge in [-0.15, -0.1) is 0 Å². The normalized spacial score (nSPS) is 20.8. The number of rotatable bonds is 9. The van der Waals surface area contributed by atoms with Gasteiger partial charge in [0.15, 0.2) is 0 Å². The van der Waals surface area contributed by atoms with E-state index in [-0.39, 0.29) is 0 Å². The zero-order valence-electron chi connectivity index (χ0n) is 13.0. The van der Waals surface area contributed by atoms with E-state index in [1.165, 1.54) is 70.6 Å². The maximum absolute atomic E-state index is 3.84. The van der Waals surface area contributed by atoms with Crippen LogP contribution in [0.25, 0.3) is 0 Å². The molecule has 0 amide bonds. The lowest BCUT2D eigenvalue weighted by Gasteiger charge is -2.30. The Morgan fingerprint density at radius 3 is 2.28 bits per heavy atom. The molecule has 1 heteroatoms. The van der Waals surface area contributed by atoms with Crippen LogP contribution in [-0.4, -0.2) is 12.1 Å². The molecule has 1 unspecified atom stereocenters. The summed E-state index contributed by atoms with van der Waals surface area (Å²) in [5, 5.41) is 3.84. The molecule has 1 nitrogen and oxygen atoms in total. The molecule has 2 atom stereocenters. The topological polar surface area (TPSA) is 12.0 Å². The predicted molar refractivity (Wildman–Crippen MR) is 82.0 cm³/mol. The first-order valence-electron chi connectivity index (χ1n) is 8.50. The van der Waals surface area contributed by atoms with Gasteiger partial charge in [0.1, 0.15) is 0 Å². The summed E-state index contributed by atoms with van der Waals surface area (Å²) in [6.45, 7) is 7.07. The lowest BCUT2D eigenvalue weighted by molar-refractivity contribution is 0.263. The number of hydrogen-bond acceptors (Lipinski definition) is 1. The second-order valence-electron chi connectivity index (χ2n) is 6.46. The first-order valence-corrected chi connectivity index (χ1v) is 8.50. The summed E-state index contributed by atoms with van der Waals surface area (Å²) in [5.41, 5.74) is 0. The molecular formula is C17H35N. The Bertz CT molecular complexity index is 184. The van der Waals surface area contributed by atoms with Gasteiger partial charge in [-0.3, -0.25) is 0 Å². The van der Waals surface area contributed by atoms with Gasteiger partial charge >= 0.3 is 0 Å². The van der Waals surface area contributed by atoms with Gasteiger partial charge < -0.3 is 5.32 Å². The Kier molecular flexibility index (Phi) is 8.75. The van der Waals surface area contributed by atoms with Crippen LogP contribution in [0, 0.1) is 5.92 Å². The average molecular weight is 253 g/mol. The second kappa shape index (κ2) is 9.83. The van der Waals surface area contributed by atoms with E-state index in [2.05, 4.69) is 26.1 Å². The molecule has 1 aliphatic carbocycles. The minimum Gasteiger partial charge on any atom is -0.312 e. The molecule has 0 heterocycles. The molecule has 1 rings (SSSR count). The summed E-state index contributed by atoms with van der Waals surface area (Å²) < 4.78 is 0. The Hall–Kier alpha value is -0.0400. The number of hydrogen-bond donors (Lipinski definition) is 1. The second-order valence-corrected chi connectivity index (χ2v) is 6.46. The van der Waals surface area contributed by atoms with E-state index >= 15 is 0 Å². The van der Waals surface area contributed by atoms with Crippen molar-refractivity contribution in [2.45, 2.75) is 103 Å². The summed E-state index contributed by atoms with van der Waals surface area (Å²) in [7, 11) is 0. The van der Waals surface area contributed by atoms with Crippen LogP contribution in [0.5, 0.6) is 0 Å². The average Bonchev–Trinajstić information content (AvgIpc) is 2.39. The molecule has 0 spiro atoms. The molecule has 1 fully saturated rings. The van der Waals surface area contributed by atoms with E-state index in [1.807, 2.05) is 0 Å². The van der Waals surface area contributed by atoms with Crippen LogP contribution in [0.2, 0.25) is 0 Å². The molecule has 0 aromatic carbocycles. The van der Waals surface area contributed by atoms with Crippen molar-refractivity contribution in [2.24, 2.45) is 5.92 Å². The molecule has 0 bridgehead atoms. The minimum absolute atomic E-state index is 0.712. The highest BCUT2D eigenvalue weighted by molar-refractivity contribution is 4.78. The van der Waals surface area contributed by atoms with Gasteiger partial charge in [0.05, 0.1) is 0 Å². The molecule has 1 aliphatic rings. The molecule has 18 heavy (non-hydrogen) atoms. The summed E-state index contributed by atoms with van der Waals surface area (Å²) in [6, 6.07) is 1.44. The zero-order chi connectivity index (χ0) is 13.2. The van der Waals surface area contributed by atoms with Crippen LogP contribution < -0.4 is 5.32 Å². The Morgan fingerprint density at radius 1 is 0.944 bits per heavy atom. The van der Waals surface area contributed by atoms with Crippen molar-refractivity contribution < 1.29 is 0 Å². The maximum atomic E-state index is 3.84. The van der Waals surface area contributed by atoms with Crippen LogP contribution in [-0.2, 0) is 0 Å². The summed E-state index contributed by atoms with van der Waals surface area (Å²) in [6.07, 6.45) is 15.7. The van der Waals surface area contributed by atoms with Gasteiger partial charge in [-0.25, -0.2) is 0 Å². The van der Waals surface area contributed by atoms with Gasteiger partial charge in [-0.05, 0) is 39.0 Å². The Balaban J connectivity index is 2.05. The van der Waals surface area contributed by atoms with E-state index in [4.69, 9.17) is 0 Å². The molecule has 1 saturated carbocycles. The SMILES string of the molecule is CCCCCCCC(C)N[C@H](C)C1CCCCC1. The van der Waals surface area contributed by atoms with Crippen LogP contribution in [0.3, 0.4) is 0 Å². The highest BCUT2D eigenvalue weighted by atomic mass is 14.9. The van der Waals surface area contributed by atoms with Crippen molar-refractivity contribution in [3.05, 3.63) is 0 Å².